The van der Waals surface area contributed by atoms with E-state index in [1.807, 2.05) is 103 Å². The van der Waals surface area contributed by atoms with Crippen molar-refractivity contribution < 1.29 is 4.57 Å². The lowest BCUT2D eigenvalue weighted by molar-refractivity contribution is 0.592. The molecule has 29 heavy (non-hydrogen) atoms. The molecule has 0 aliphatic carbocycles. The molecule has 0 atom stereocenters. The van der Waals surface area contributed by atoms with Gasteiger partial charge in [0.2, 0.25) is 0 Å². The Hall–Kier alpha value is -3.42. The maximum atomic E-state index is 14.8. The summed E-state index contributed by atoms with van der Waals surface area (Å²) in [5.41, 5.74) is 7.01. The Bertz CT molecular complexity index is 1340. The molecule has 1 heterocycles. The molecule has 0 aliphatic heterocycles. The zero-order valence-electron chi connectivity index (χ0n) is 15.7. The monoisotopic (exact) mass is 394 g/mol. The quantitative estimate of drug-likeness (QED) is 0.359. The lowest BCUT2D eigenvalue weighted by Crippen LogP contribution is -2.26. The maximum Gasteiger partial charge on any atom is 0.173 e. The van der Waals surface area contributed by atoms with Gasteiger partial charge in [-0.25, -0.2) is 4.98 Å². The minimum absolute atomic E-state index is 0.452. The molecule has 0 saturated carbocycles. The van der Waals surface area contributed by atoms with Gasteiger partial charge in [0.25, 0.3) is 0 Å². The van der Waals surface area contributed by atoms with Crippen molar-refractivity contribution >= 4 is 50.5 Å². The first-order valence-corrected chi connectivity index (χ1v) is 11.2. The smallest absolute Gasteiger partial charge is 0.173 e. The Labute approximate surface area is 169 Å². The van der Waals surface area contributed by atoms with Gasteiger partial charge < -0.3 is 10.3 Å². The number of fused-ring (bicyclic) bond motifs is 3. The topological polar surface area (TPSA) is 56.0 Å². The lowest BCUT2D eigenvalue weighted by atomic mass is 10.1. The van der Waals surface area contributed by atoms with Crippen LogP contribution >= 0.6 is 7.14 Å². The largest absolute Gasteiger partial charge is 0.383 e. The van der Waals surface area contributed by atoms with Gasteiger partial charge in [-0.05, 0) is 11.5 Å². The van der Waals surface area contributed by atoms with Crippen molar-refractivity contribution in [2.75, 3.05) is 5.73 Å². The van der Waals surface area contributed by atoms with E-state index in [9.17, 15) is 4.57 Å². The first-order valence-electron chi connectivity index (χ1n) is 9.48. The third kappa shape index (κ3) is 2.74. The Balaban J connectivity index is 1.93. The summed E-state index contributed by atoms with van der Waals surface area (Å²) in [6, 6.07) is 33.1. The van der Waals surface area contributed by atoms with Crippen LogP contribution in [0.3, 0.4) is 0 Å². The van der Waals surface area contributed by atoms with E-state index in [0.29, 0.717) is 16.6 Å². The fourth-order valence-electron chi connectivity index (χ4n) is 3.95. The van der Waals surface area contributed by atoms with Crippen molar-refractivity contribution in [3.63, 3.8) is 0 Å². The van der Waals surface area contributed by atoms with E-state index >= 15 is 0 Å². The summed E-state index contributed by atoms with van der Waals surface area (Å²) in [6.45, 7) is 0. The molecule has 0 unspecified atom stereocenters. The lowest BCUT2D eigenvalue weighted by Gasteiger charge is -2.21. The molecular weight excluding hydrogens is 375 g/mol. The van der Waals surface area contributed by atoms with Crippen molar-refractivity contribution in [3.05, 3.63) is 103 Å². The van der Waals surface area contributed by atoms with Crippen molar-refractivity contribution in [1.29, 1.82) is 0 Å². The summed E-state index contributed by atoms with van der Waals surface area (Å²) in [4.78, 5) is 4.73. The molecule has 2 N–H and O–H groups in total. The summed E-state index contributed by atoms with van der Waals surface area (Å²) < 4.78 is 14.8. The summed E-state index contributed by atoms with van der Waals surface area (Å²) in [7, 11) is -3.14. The highest BCUT2D eigenvalue weighted by Gasteiger charge is 2.32. The second-order valence-electron chi connectivity index (χ2n) is 7.00. The number of anilines is 1. The number of rotatable bonds is 3. The summed E-state index contributed by atoms with van der Waals surface area (Å²) in [5, 5.41) is 5.17. The van der Waals surface area contributed by atoms with E-state index in [0.717, 1.165) is 26.8 Å². The van der Waals surface area contributed by atoms with Crippen LogP contribution in [0, 0.1) is 0 Å². The average Bonchev–Trinajstić information content (AvgIpc) is 2.80. The molecule has 0 amide bonds. The molecule has 0 radical (unpaired) electrons. The van der Waals surface area contributed by atoms with Crippen LogP contribution in [-0.2, 0) is 4.57 Å². The second kappa shape index (κ2) is 6.88. The van der Waals surface area contributed by atoms with Gasteiger partial charge in [-0.1, -0.05) is 97.1 Å². The van der Waals surface area contributed by atoms with E-state index in [-0.39, 0.29) is 0 Å². The number of pyridine rings is 1. The average molecular weight is 394 g/mol. The molecule has 1 aromatic heterocycles. The highest BCUT2D eigenvalue weighted by atomic mass is 31.2. The van der Waals surface area contributed by atoms with E-state index in [1.165, 1.54) is 0 Å². The van der Waals surface area contributed by atoms with Gasteiger partial charge in [0.05, 0.1) is 5.52 Å². The fourth-order valence-corrected chi connectivity index (χ4v) is 6.75. The van der Waals surface area contributed by atoms with Gasteiger partial charge in [-0.3, -0.25) is 0 Å². The van der Waals surface area contributed by atoms with Gasteiger partial charge in [0.15, 0.2) is 7.14 Å². The molecule has 0 saturated heterocycles. The van der Waals surface area contributed by atoms with Crippen molar-refractivity contribution in [3.8, 4) is 0 Å². The van der Waals surface area contributed by atoms with Crippen LogP contribution in [0.4, 0.5) is 5.82 Å². The predicted molar refractivity (Wildman–Crippen MR) is 123 cm³/mol. The standard InChI is InChI=1S/C25H19N2OP/c26-25-22-15-8-7-14-20(22)21-16-9-17-23(24(21)27-25)29(28,18-10-3-1-4-11-18)19-12-5-2-6-13-19/h1-17H,(H2,26,27). The van der Waals surface area contributed by atoms with Crippen LogP contribution in [0.25, 0.3) is 21.7 Å². The number of aromatic nitrogens is 1. The zero-order chi connectivity index (χ0) is 19.8. The van der Waals surface area contributed by atoms with Gasteiger partial charge >= 0.3 is 0 Å². The molecule has 5 rings (SSSR count). The number of para-hydroxylation sites is 1. The number of hydrogen-bond acceptors (Lipinski definition) is 3. The van der Waals surface area contributed by atoms with Crippen LogP contribution in [0.1, 0.15) is 0 Å². The fraction of sp³-hybridized carbons (Fsp3) is 0. The highest BCUT2D eigenvalue weighted by Crippen LogP contribution is 2.44. The Morgan fingerprint density at radius 2 is 1.10 bits per heavy atom. The van der Waals surface area contributed by atoms with Crippen molar-refractivity contribution in [1.82, 2.24) is 4.98 Å². The summed E-state index contributed by atoms with van der Waals surface area (Å²) >= 11 is 0. The van der Waals surface area contributed by atoms with Crippen LogP contribution in [-0.4, -0.2) is 4.98 Å². The minimum atomic E-state index is -3.14. The predicted octanol–water partition coefficient (Wildman–Crippen LogP) is 4.61. The van der Waals surface area contributed by atoms with E-state index < -0.39 is 7.14 Å². The first kappa shape index (κ1) is 17.7. The number of benzene rings is 4. The van der Waals surface area contributed by atoms with E-state index in [1.54, 1.807) is 0 Å². The van der Waals surface area contributed by atoms with Crippen LogP contribution in [0.2, 0.25) is 0 Å². The number of nitrogen functional groups attached to an aromatic ring is 1. The van der Waals surface area contributed by atoms with Gasteiger partial charge in [0.1, 0.15) is 5.82 Å². The van der Waals surface area contributed by atoms with E-state index in [2.05, 4.69) is 0 Å². The molecule has 5 aromatic rings. The molecule has 4 heteroatoms. The number of hydrogen-bond donors (Lipinski definition) is 1. The van der Waals surface area contributed by atoms with Crippen LogP contribution in [0.15, 0.2) is 103 Å². The molecule has 0 bridgehead atoms. The van der Waals surface area contributed by atoms with Crippen LogP contribution < -0.4 is 21.6 Å². The number of nitrogens with two attached hydrogens (primary N) is 1. The van der Waals surface area contributed by atoms with E-state index in [4.69, 9.17) is 10.7 Å². The van der Waals surface area contributed by atoms with Crippen LogP contribution in [0.5, 0.6) is 0 Å². The zero-order valence-corrected chi connectivity index (χ0v) is 16.6. The minimum Gasteiger partial charge on any atom is -0.383 e. The molecular formula is C25H19N2OP. The second-order valence-corrected chi connectivity index (χ2v) is 9.73. The SMILES string of the molecule is Nc1nc2c(P(=O)(c3ccccc3)c3ccccc3)cccc2c2ccccc12. The van der Waals surface area contributed by atoms with Gasteiger partial charge in [-0.2, -0.15) is 0 Å². The Morgan fingerprint density at radius 3 is 1.72 bits per heavy atom. The number of nitrogens with zero attached hydrogens (tertiary/aromatic N) is 1. The van der Waals surface area contributed by atoms with Crippen molar-refractivity contribution in [2.24, 2.45) is 0 Å². The third-order valence-electron chi connectivity index (χ3n) is 5.32. The summed E-state index contributed by atoms with van der Waals surface area (Å²) in [5.74, 6) is 0.452. The maximum absolute atomic E-state index is 14.8. The summed E-state index contributed by atoms with van der Waals surface area (Å²) in [6.07, 6.45) is 0. The first-order chi connectivity index (χ1) is 14.2. The molecule has 4 aromatic carbocycles. The molecule has 0 spiro atoms. The Morgan fingerprint density at radius 1 is 0.586 bits per heavy atom. The molecule has 0 aliphatic rings. The Kier molecular flexibility index (Phi) is 4.19. The van der Waals surface area contributed by atoms with Gasteiger partial charge in [-0.15, -0.1) is 0 Å². The molecule has 140 valence electrons. The third-order valence-corrected chi connectivity index (χ3v) is 8.41. The molecule has 3 nitrogen and oxygen atoms in total. The van der Waals surface area contributed by atoms with Crippen molar-refractivity contribution in [2.45, 2.75) is 0 Å². The van der Waals surface area contributed by atoms with Gasteiger partial charge in [0, 0.05) is 26.7 Å². The normalized spacial score (nSPS) is 11.7. The molecule has 0 fully saturated rings. The highest BCUT2D eigenvalue weighted by molar-refractivity contribution is 7.85.